The number of phenolic OH excluding ortho intramolecular Hbond substituents is 1. The number of likely N-dealkylation sites (tertiary alicyclic amines) is 1. The van der Waals surface area contributed by atoms with Crippen molar-refractivity contribution in [3.8, 4) is 5.75 Å². The summed E-state index contributed by atoms with van der Waals surface area (Å²) in [5, 5.41) is 11.9. The van der Waals surface area contributed by atoms with Crippen molar-refractivity contribution >= 4 is 10.9 Å². The normalized spacial score (nSPS) is 17.0. The molecule has 0 aliphatic carbocycles. The molecule has 0 saturated carbocycles. The lowest BCUT2D eigenvalue weighted by atomic mass is 9.96. The van der Waals surface area contributed by atoms with Gasteiger partial charge in [0.05, 0.1) is 18.7 Å². The first-order chi connectivity index (χ1) is 11.8. The lowest BCUT2D eigenvalue weighted by molar-refractivity contribution is -0.934. The van der Waals surface area contributed by atoms with Crippen LogP contribution in [0.15, 0.2) is 54.9 Å². The number of quaternary nitrogens is 1. The Labute approximate surface area is 141 Å². The number of hydrogen-bond donors (Lipinski definition) is 2. The minimum Gasteiger partial charge on any atom is -0.505 e. The number of hydrogen-bond acceptors (Lipinski definition) is 2. The highest BCUT2D eigenvalue weighted by Crippen LogP contribution is 2.32. The Hall–Kier alpha value is -2.46. The van der Waals surface area contributed by atoms with Gasteiger partial charge in [-0.3, -0.25) is 4.98 Å². The number of H-pyrrole nitrogens is 1. The fraction of sp³-hybridized carbons (Fsp3) is 0.300. The Balaban J connectivity index is 1.85. The molecule has 4 nitrogen and oxygen atoms in total. The van der Waals surface area contributed by atoms with E-state index >= 15 is 0 Å². The van der Waals surface area contributed by atoms with E-state index in [0.29, 0.717) is 11.3 Å². The minimum absolute atomic E-state index is 0.109. The zero-order chi connectivity index (χ0) is 16.4. The molecule has 4 heteroatoms. The number of aromatic amines is 1. The number of aromatic nitrogens is 2. The highest BCUT2D eigenvalue weighted by atomic mass is 16.3. The zero-order valence-electron chi connectivity index (χ0n) is 13.7. The molecule has 0 spiro atoms. The molecule has 1 aliphatic rings. The zero-order valence-corrected chi connectivity index (χ0v) is 13.7. The number of fused-ring (bicyclic) bond motifs is 1. The van der Waals surface area contributed by atoms with Crippen molar-refractivity contribution in [3.63, 3.8) is 0 Å². The Morgan fingerprint density at radius 2 is 1.88 bits per heavy atom. The van der Waals surface area contributed by atoms with Crippen LogP contribution in [0.4, 0.5) is 0 Å². The van der Waals surface area contributed by atoms with E-state index in [-0.39, 0.29) is 6.04 Å². The average Bonchev–Trinajstić information content (AvgIpc) is 2.66. The maximum absolute atomic E-state index is 10.9. The summed E-state index contributed by atoms with van der Waals surface area (Å²) in [6, 6.07) is 14.3. The standard InChI is InChI=1S/C20H21N3O/c24-20-16(10-9-15-7-6-12-22-18(15)20)19(17-8-2-3-11-21-17)23-13-4-1-5-14-23/h2-3,6-12,19,24H,1,4-5,13-14H2/p+2. The third kappa shape index (κ3) is 2.74. The number of nitrogens with zero attached hydrogens (tertiary/aromatic N) is 1. The molecular formula is C20H23N3O+2. The number of phenols is 1. The number of pyridine rings is 2. The van der Waals surface area contributed by atoms with Crippen molar-refractivity contribution in [3.05, 3.63) is 66.1 Å². The molecule has 1 aromatic carbocycles. The van der Waals surface area contributed by atoms with Crippen LogP contribution >= 0.6 is 0 Å². The molecule has 3 heterocycles. The van der Waals surface area contributed by atoms with Crippen LogP contribution in [0.2, 0.25) is 0 Å². The van der Waals surface area contributed by atoms with Crippen molar-refractivity contribution in [2.24, 2.45) is 0 Å². The summed E-state index contributed by atoms with van der Waals surface area (Å²) in [4.78, 5) is 9.29. The monoisotopic (exact) mass is 321 g/mol. The van der Waals surface area contributed by atoms with Crippen LogP contribution in [0.1, 0.15) is 36.6 Å². The smallest absolute Gasteiger partial charge is 0.243 e. The molecule has 1 saturated heterocycles. The first-order valence-electron chi connectivity index (χ1n) is 8.72. The Morgan fingerprint density at radius 1 is 1.00 bits per heavy atom. The largest absolute Gasteiger partial charge is 0.505 e. The molecule has 1 unspecified atom stereocenters. The van der Waals surface area contributed by atoms with Gasteiger partial charge in [0.15, 0.2) is 11.9 Å². The average molecular weight is 321 g/mol. The third-order valence-corrected chi connectivity index (χ3v) is 5.04. The maximum Gasteiger partial charge on any atom is 0.243 e. The van der Waals surface area contributed by atoms with Gasteiger partial charge in [0.25, 0.3) is 0 Å². The molecular weight excluding hydrogens is 298 g/mol. The predicted octanol–water partition coefficient (Wildman–Crippen LogP) is 1.91. The lowest BCUT2D eigenvalue weighted by Gasteiger charge is -2.30. The molecule has 122 valence electrons. The second kappa shape index (κ2) is 6.57. The van der Waals surface area contributed by atoms with E-state index < -0.39 is 0 Å². The van der Waals surface area contributed by atoms with Gasteiger partial charge in [-0.05, 0) is 37.5 Å². The highest BCUT2D eigenvalue weighted by Gasteiger charge is 2.34. The molecule has 2 aromatic heterocycles. The van der Waals surface area contributed by atoms with Crippen LogP contribution in [-0.4, -0.2) is 23.2 Å². The SMILES string of the molecule is Oc1c(C(c2cccc[nH+]2)[NH+]2CCCCC2)ccc2cccnc12. The summed E-state index contributed by atoms with van der Waals surface area (Å²) in [6.45, 7) is 2.26. The van der Waals surface area contributed by atoms with Crippen LogP contribution < -0.4 is 9.88 Å². The van der Waals surface area contributed by atoms with E-state index in [0.717, 1.165) is 29.7 Å². The Kier molecular flexibility index (Phi) is 4.13. The van der Waals surface area contributed by atoms with E-state index in [1.807, 2.05) is 24.4 Å². The summed E-state index contributed by atoms with van der Waals surface area (Å²) in [7, 11) is 0. The fourth-order valence-corrected chi connectivity index (χ4v) is 3.87. The number of benzene rings is 1. The predicted molar refractivity (Wildman–Crippen MR) is 92.8 cm³/mol. The van der Waals surface area contributed by atoms with Gasteiger partial charge in [0, 0.05) is 23.7 Å². The van der Waals surface area contributed by atoms with Gasteiger partial charge in [-0.15, -0.1) is 0 Å². The van der Waals surface area contributed by atoms with Crippen molar-refractivity contribution in [2.75, 3.05) is 13.1 Å². The number of nitrogens with one attached hydrogen (secondary N) is 2. The van der Waals surface area contributed by atoms with Crippen LogP contribution in [0, 0.1) is 0 Å². The summed E-state index contributed by atoms with van der Waals surface area (Å²) in [5.74, 6) is 0.313. The van der Waals surface area contributed by atoms with E-state index in [1.54, 1.807) is 6.20 Å². The molecule has 0 radical (unpaired) electrons. The van der Waals surface area contributed by atoms with E-state index in [9.17, 15) is 5.11 Å². The van der Waals surface area contributed by atoms with Crippen molar-refractivity contribution in [1.29, 1.82) is 0 Å². The summed E-state index contributed by atoms with van der Waals surface area (Å²) in [5.41, 5.74) is 2.79. The lowest BCUT2D eigenvalue weighted by Crippen LogP contribution is -3.13. The minimum atomic E-state index is 0.109. The van der Waals surface area contributed by atoms with E-state index in [2.05, 4.69) is 34.2 Å². The Bertz CT molecular complexity index is 829. The quantitative estimate of drug-likeness (QED) is 0.774. The summed E-state index contributed by atoms with van der Waals surface area (Å²) < 4.78 is 0. The van der Waals surface area contributed by atoms with Crippen LogP contribution in [0.5, 0.6) is 5.75 Å². The Morgan fingerprint density at radius 3 is 2.67 bits per heavy atom. The van der Waals surface area contributed by atoms with E-state index in [1.165, 1.54) is 24.2 Å². The molecule has 3 N–H and O–H groups in total. The van der Waals surface area contributed by atoms with Crippen LogP contribution in [-0.2, 0) is 0 Å². The molecule has 4 rings (SSSR count). The molecule has 24 heavy (non-hydrogen) atoms. The fourth-order valence-electron chi connectivity index (χ4n) is 3.87. The summed E-state index contributed by atoms with van der Waals surface area (Å²) >= 11 is 0. The maximum atomic E-state index is 10.9. The second-order valence-electron chi connectivity index (χ2n) is 6.55. The number of piperidine rings is 1. The van der Waals surface area contributed by atoms with Gasteiger partial charge in [-0.2, -0.15) is 0 Å². The third-order valence-electron chi connectivity index (χ3n) is 5.04. The van der Waals surface area contributed by atoms with Crippen molar-refractivity contribution in [1.82, 2.24) is 4.98 Å². The van der Waals surface area contributed by atoms with Gasteiger partial charge < -0.3 is 10.0 Å². The first-order valence-corrected chi connectivity index (χ1v) is 8.72. The van der Waals surface area contributed by atoms with Crippen molar-refractivity contribution in [2.45, 2.75) is 25.3 Å². The van der Waals surface area contributed by atoms with Gasteiger partial charge in [0.2, 0.25) is 11.7 Å². The van der Waals surface area contributed by atoms with Gasteiger partial charge in [-0.1, -0.05) is 12.1 Å². The molecule has 3 aromatic rings. The van der Waals surface area contributed by atoms with Crippen LogP contribution in [0.25, 0.3) is 10.9 Å². The highest BCUT2D eigenvalue weighted by molar-refractivity contribution is 5.85. The molecule has 0 amide bonds. The van der Waals surface area contributed by atoms with Gasteiger partial charge >= 0.3 is 0 Å². The topological polar surface area (TPSA) is 51.7 Å². The second-order valence-corrected chi connectivity index (χ2v) is 6.55. The number of rotatable bonds is 3. The first kappa shape index (κ1) is 15.1. The van der Waals surface area contributed by atoms with E-state index in [4.69, 9.17) is 0 Å². The van der Waals surface area contributed by atoms with Crippen molar-refractivity contribution < 1.29 is 15.0 Å². The summed E-state index contributed by atoms with van der Waals surface area (Å²) in [6.07, 6.45) is 7.49. The molecule has 1 atom stereocenters. The number of aromatic hydroxyl groups is 1. The van der Waals surface area contributed by atoms with Gasteiger partial charge in [0.1, 0.15) is 5.52 Å². The molecule has 1 aliphatic heterocycles. The molecule has 0 bridgehead atoms. The van der Waals surface area contributed by atoms with Gasteiger partial charge in [-0.25, -0.2) is 4.98 Å². The van der Waals surface area contributed by atoms with Crippen LogP contribution in [0.3, 0.4) is 0 Å². The molecule has 1 fully saturated rings.